The molecule has 9 heteroatoms. The molecule has 0 spiro atoms. The Bertz CT molecular complexity index is 1050. The summed E-state index contributed by atoms with van der Waals surface area (Å²) >= 11 is 0. The molecular weight excluding hydrogens is 474 g/mol. The van der Waals surface area contributed by atoms with E-state index in [2.05, 4.69) is 10.6 Å². The van der Waals surface area contributed by atoms with Gasteiger partial charge in [0.05, 0.1) is 7.11 Å². The van der Waals surface area contributed by atoms with Gasteiger partial charge in [-0.2, -0.15) is 0 Å². The lowest BCUT2D eigenvalue weighted by atomic mass is 10.0. The molecule has 9 nitrogen and oxygen atoms in total. The molecule has 2 aromatic rings. The number of ether oxygens (including phenoxy) is 2. The molecule has 0 aliphatic rings. The van der Waals surface area contributed by atoms with Crippen LogP contribution in [0.5, 0.6) is 11.5 Å². The maximum Gasteiger partial charge on any atom is 0.408 e. The summed E-state index contributed by atoms with van der Waals surface area (Å²) in [5.41, 5.74) is 0.243. The molecule has 0 bridgehead atoms. The minimum absolute atomic E-state index is 0.0272. The van der Waals surface area contributed by atoms with E-state index in [4.69, 9.17) is 9.47 Å². The van der Waals surface area contributed by atoms with E-state index in [-0.39, 0.29) is 12.3 Å². The Labute approximate surface area is 219 Å². The Morgan fingerprint density at radius 3 is 2.30 bits per heavy atom. The van der Waals surface area contributed by atoms with Gasteiger partial charge < -0.3 is 30.1 Å². The summed E-state index contributed by atoms with van der Waals surface area (Å²) < 4.78 is 10.5. The standard InChI is InChI=1S/C28H39N3O6/c1-7-8-9-17-31(26(34)19(2)29-27(35)37-28(3,4)5)24(20-11-10-12-22(32)18-20)25(33)30-21-13-15-23(36-6)16-14-21/h10-16,18-19,24,32H,7-9,17H2,1-6H3,(H,29,35)(H,30,33). The normalized spacial score (nSPS) is 12.7. The van der Waals surface area contributed by atoms with Crippen molar-refractivity contribution in [3.8, 4) is 11.5 Å². The van der Waals surface area contributed by atoms with Gasteiger partial charge in [-0.05, 0) is 76.1 Å². The molecule has 3 amide bonds. The molecular formula is C28H39N3O6. The molecule has 37 heavy (non-hydrogen) atoms. The van der Waals surface area contributed by atoms with Gasteiger partial charge in [0.25, 0.3) is 5.91 Å². The smallest absolute Gasteiger partial charge is 0.408 e. The number of benzene rings is 2. The predicted molar refractivity (Wildman–Crippen MR) is 143 cm³/mol. The zero-order valence-electron chi connectivity index (χ0n) is 22.5. The van der Waals surface area contributed by atoms with Crippen LogP contribution < -0.4 is 15.4 Å². The van der Waals surface area contributed by atoms with Crippen molar-refractivity contribution in [2.24, 2.45) is 0 Å². The quantitative estimate of drug-likeness (QED) is 0.364. The molecule has 2 rings (SSSR count). The number of phenols is 1. The summed E-state index contributed by atoms with van der Waals surface area (Å²) in [7, 11) is 1.55. The zero-order valence-corrected chi connectivity index (χ0v) is 22.5. The molecule has 2 unspecified atom stereocenters. The molecule has 3 N–H and O–H groups in total. The Morgan fingerprint density at radius 2 is 1.73 bits per heavy atom. The number of carbonyl (C=O) groups excluding carboxylic acids is 3. The fraction of sp³-hybridized carbons (Fsp3) is 0.464. The van der Waals surface area contributed by atoms with Gasteiger partial charge in [0.2, 0.25) is 5.91 Å². The van der Waals surface area contributed by atoms with Gasteiger partial charge in [0.1, 0.15) is 29.2 Å². The first-order chi connectivity index (χ1) is 17.4. The van der Waals surface area contributed by atoms with E-state index in [1.807, 2.05) is 6.92 Å². The summed E-state index contributed by atoms with van der Waals surface area (Å²) in [6.07, 6.45) is 1.71. The van der Waals surface area contributed by atoms with Crippen molar-refractivity contribution in [1.29, 1.82) is 0 Å². The molecule has 2 aromatic carbocycles. The van der Waals surface area contributed by atoms with Crippen LogP contribution in [0.25, 0.3) is 0 Å². The molecule has 0 aliphatic heterocycles. The van der Waals surface area contributed by atoms with Crippen LogP contribution in [0.3, 0.4) is 0 Å². The summed E-state index contributed by atoms with van der Waals surface area (Å²) in [5.74, 6) is -0.285. The van der Waals surface area contributed by atoms with Gasteiger partial charge in [-0.1, -0.05) is 31.9 Å². The molecule has 0 saturated heterocycles. The predicted octanol–water partition coefficient (Wildman–Crippen LogP) is 5.01. The van der Waals surface area contributed by atoms with Crippen molar-refractivity contribution in [2.75, 3.05) is 19.0 Å². The van der Waals surface area contributed by atoms with Crippen molar-refractivity contribution in [2.45, 2.75) is 71.6 Å². The van der Waals surface area contributed by atoms with Gasteiger partial charge in [0, 0.05) is 12.2 Å². The second kappa shape index (κ2) is 13.5. The summed E-state index contributed by atoms with van der Waals surface area (Å²) in [6.45, 7) is 9.08. The van der Waals surface area contributed by atoms with Crippen molar-refractivity contribution < 1.29 is 29.0 Å². The Morgan fingerprint density at radius 1 is 1.05 bits per heavy atom. The number of unbranched alkanes of at least 4 members (excludes halogenated alkanes) is 2. The maximum absolute atomic E-state index is 13.7. The maximum atomic E-state index is 13.7. The highest BCUT2D eigenvalue weighted by molar-refractivity contribution is 5.99. The van der Waals surface area contributed by atoms with Crippen molar-refractivity contribution >= 4 is 23.6 Å². The van der Waals surface area contributed by atoms with Crippen LogP contribution in [-0.4, -0.2) is 53.2 Å². The Kier molecular flexibility index (Phi) is 10.8. The summed E-state index contributed by atoms with van der Waals surface area (Å²) in [4.78, 5) is 41.1. The minimum atomic E-state index is -1.05. The van der Waals surface area contributed by atoms with E-state index in [0.717, 1.165) is 12.8 Å². The van der Waals surface area contributed by atoms with E-state index < -0.39 is 35.6 Å². The molecule has 0 fully saturated rings. The van der Waals surface area contributed by atoms with Crippen LogP contribution >= 0.6 is 0 Å². The minimum Gasteiger partial charge on any atom is -0.508 e. The number of nitrogens with one attached hydrogen (secondary N) is 2. The monoisotopic (exact) mass is 513 g/mol. The summed E-state index contributed by atoms with van der Waals surface area (Å²) in [6, 6.07) is 11.1. The zero-order chi connectivity index (χ0) is 27.6. The number of aromatic hydroxyl groups is 1. The average Bonchev–Trinajstić information content (AvgIpc) is 2.82. The number of hydrogen-bond acceptors (Lipinski definition) is 6. The lowest BCUT2D eigenvalue weighted by molar-refractivity contribution is -0.140. The SMILES string of the molecule is CCCCCN(C(=O)C(C)NC(=O)OC(C)(C)C)C(C(=O)Nc1ccc(OC)cc1)c1cccc(O)c1. The van der Waals surface area contributed by atoms with Crippen LogP contribution in [0.1, 0.15) is 65.5 Å². The third kappa shape index (κ3) is 9.33. The number of carbonyl (C=O) groups is 3. The number of anilines is 1. The van der Waals surface area contributed by atoms with E-state index in [0.29, 0.717) is 23.4 Å². The first-order valence-electron chi connectivity index (χ1n) is 12.5. The highest BCUT2D eigenvalue weighted by Crippen LogP contribution is 2.28. The van der Waals surface area contributed by atoms with Crippen molar-refractivity contribution in [3.05, 3.63) is 54.1 Å². The van der Waals surface area contributed by atoms with E-state index in [9.17, 15) is 19.5 Å². The third-order valence-corrected chi connectivity index (χ3v) is 5.49. The first kappa shape index (κ1) is 29.5. The largest absolute Gasteiger partial charge is 0.508 e. The van der Waals surface area contributed by atoms with Gasteiger partial charge >= 0.3 is 6.09 Å². The van der Waals surface area contributed by atoms with E-state index in [1.54, 1.807) is 71.2 Å². The third-order valence-electron chi connectivity index (χ3n) is 5.49. The second-order valence-corrected chi connectivity index (χ2v) is 9.82. The molecule has 0 saturated carbocycles. The number of phenolic OH excluding ortho intramolecular Hbond substituents is 1. The fourth-order valence-corrected chi connectivity index (χ4v) is 3.75. The lowest BCUT2D eigenvalue weighted by Crippen LogP contribution is -2.51. The van der Waals surface area contributed by atoms with Crippen molar-refractivity contribution in [1.82, 2.24) is 10.2 Å². The first-order valence-corrected chi connectivity index (χ1v) is 12.5. The van der Waals surface area contributed by atoms with E-state index >= 15 is 0 Å². The van der Waals surface area contributed by atoms with Crippen LogP contribution in [-0.2, 0) is 14.3 Å². The Hall–Kier alpha value is -3.75. The highest BCUT2D eigenvalue weighted by Gasteiger charge is 2.34. The number of nitrogens with zero attached hydrogens (tertiary/aromatic N) is 1. The summed E-state index contributed by atoms with van der Waals surface area (Å²) in [5, 5.41) is 15.6. The van der Waals surface area contributed by atoms with Crippen molar-refractivity contribution in [3.63, 3.8) is 0 Å². The molecule has 0 heterocycles. The average molecular weight is 514 g/mol. The van der Waals surface area contributed by atoms with Crippen LogP contribution in [0.2, 0.25) is 0 Å². The molecule has 202 valence electrons. The second-order valence-electron chi connectivity index (χ2n) is 9.82. The number of hydrogen-bond donors (Lipinski definition) is 3. The fourth-order valence-electron chi connectivity index (χ4n) is 3.75. The van der Waals surface area contributed by atoms with Gasteiger partial charge in [-0.15, -0.1) is 0 Å². The van der Waals surface area contributed by atoms with Crippen LogP contribution in [0.4, 0.5) is 10.5 Å². The van der Waals surface area contributed by atoms with Crippen LogP contribution in [0.15, 0.2) is 48.5 Å². The number of alkyl carbamates (subject to hydrolysis) is 1. The number of methoxy groups -OCH3 is 1. The van der Waals surface area contributed by atoms with E-state index in [1.165, 1.54) is 17.0 Å². The molecule has 0 aromatic heterocycles. The molecule has 0 aliphatic carbocycles. The molecule has 2 atom stereocenters. The number of rotatable bonds is 11. The highest BCUT2D eigenvalue weighted by atomic mass is 16.6. The van der Waals surface area contributed by atoms with Gasteiger partial charge in [-0.25, -0.2) is 4.79 Å². The number of amides is 3. The topological polar surface area (TPSA) is 117 Å². The Balaban J connectivity index is 2.41. The van der Waals surface area contributed by atoms with Gasteiger partial charge in [-0.3, -0.25) is 9.59 Å². The molecule has 0 radical (unpaired) electrons. The lowest BCUT2D eigenvalue weighted by Gasteiger charge is -2.33. The van der Waals surface area contributed by atoms with Gasteiger partial charge in [0.15, 0.2) is 0 Å². The van der Waals surface area contributed by atoms with Crippen LogP contribution in [0, 0.1) is 0 Å².